The maximum Gasteiger partial charge on any atom is 0.242 e. The third-order valence-electron chi connectivity index (χ3n) is 5.02. The molecule has 0 aliphatic carbocycles. The van der Waals surface area contributed by atoms with Crippen molar-refractivity contribution in [2.45, 2.75) is 19.3 Å². The maximum absolute atomic E-state index is 13.3. The van der Waals surface area contributed by atoms with Crippen LogP contribution in [0, 0.1) is 6.92 Å². The Bertz CT molecular complexity index is 1110. The molecule has 29 heavy (non-hydrogen) atoms. The number of nitrogens with zero attached hydrogens (tertiary/aromatic N) is 3. The fourth-order valence-corrected chi connectivity index (χ4v) is 3.87. The van der Waals surface area contributed by atoms with Crippen LogP contribution in [0.3, 0.4) is 0 Å². The predicted molar refractivity (Wildman–Crippen MR) is 111 cm³/mol. The monoisotopic (exact) mass is 410 g/mol. The molecule has 1 fully saturated rings. The molecule has 3 aromatic rings. The molecule has 2 heterocycles. The lowest BCUT2D eigenvalue weighted by atomic mass is 9.97. The van der Waals surface area contributed by atoms with Crippen LogP contribution >= 0.6 is 11.6 Å². The summed E-state index contributed by atoms with van der Waals surface area (Å²) in [4.78, 5) is 27.2. The normalized spacial score (nSPS) is 16.5. The molecule has 4 rings (SSSR count). The number of para-hydroxylation sites is 1. The van der Waals surface area contributed by atoms with Gasteiger partial charge in [-0.3, -0.25) is 9.59 Å². The second-order valence-electron chi connectivity index (χ2n) is 6.77. The highest BCUT2D eigenvalue weighted by Gasteiger charge is 2.44. The van der Waals surface area contributed by atoms with Gasteiger partial charge < -0.3 is 10.5 Å². The van der Waals surface area contributed by atoms with Crippen molar-refractivity contribution in [1.82, 2.24) is 9.78 Å². The van der Waals surface area contributed by atoms with E-state index in [0.29, 0.717) is 33.5 Å². The van der Waals surface area contributed by atoms with Crippen molar-refractivity contribution in [1.29, 1.82) is 0 Å². The smallest absolute Gasteiger partial charge is 0.242 e. The number of hydrogen-bond acceptors (Lipinski definition) is 5. The molecule has 2 N–H and O–H groups in total. The van der Waals surface area contributed by atoms with Crippen molar-refractivity contribution < 1.29 is 14.3 Å². The molecule has 1 aliphatic rings. The Morgan fingerprint density at radius 1 is 1.17 bits per heavy atom. The van der Waals surface area contributed by atoms with E-state index >= 15 is 0 Å². The number of imide groups is 1. The molecule has 2 amide bonds. The third kappa shape index (κ3) is 3.13. The fourth-order valence-electron chi connectivity index (χ4n) is 3.70. The highest BCUT2D eigenvalue weighted by molar-refractivity contribution is 6.31. The minimum absolute atomic E-state index is 0.0000238. The highest BCUT2D eigenvalue weighted by Crippen LogP contribution is 2.41. The summed E-state index contributed by atoms with van der Waals surface area (Å²) in [7, 11) is 1.47. The van der Waals surface area contributed by atoms with Crippen LogP contribution in [0.4, 0.5) is 11.5 Å². The van der Waals surface area contributed by atoms with Gasteiger partial charge in [-0.25, -0.2) is 9.58 Å². The molecule has 0 saturated carbocycles. The van der Waals surface area contributed by atoms with E-state index in [2.05, 4.69) is 5.10 Å². The molecule has 1 atom stereocenters. The summed E-state index contributed by atoms with van der Waals surface area (Å²) in [5, 5.41) is 4.89. The van der Waals surface area contributed by atoms with E-state index in [0.717, 1.165) is 10.6 Å². The molecule has 0 bridgehead atoms. The number of anilines is 2. The van der Waals surface area contributed by atoms with Crippen LogP contribution in [0.15, 0.2) is 48.5 Å². The summed E-state index contributed by atoms with van der Waals surface area (Å²) in [6.07, 6.45) is 0.0000238. The lowest BCUT2D eigenvalue weighted by Crippen LogP contribution is -2.30. The number of aryl methyl sites for hydroxylation is 1. The SMILES string of the molecule is COc1ccc(Cl)cc1N1C(=O)C[C@H](c2c(C)nn(-c3ccccc3)c2N)C1=O. The first kappa shape index (κ1) is 19.0. The molecule has 8 heteroatoms. The summed E-state index contributed by atoms with van der Waals surface area (Å²) in [5.41, 5.74) is 8.64. The Balaban J connectivity index is 1.76. The molecular weight excluding hydrogens is 392 g/mol. The van der Waals surface area contributed by atoms with E-state index in [9.17, 15) is 9.59 Å². The Hall–Kier alpha value is -3.32. The van der Waals surface area contributed by atoms with Crippen LogP contribution in [-0.4, -0.2) is 28.7 Å². The minimum atomic E-state index is -0.719. The Kier molecular flexibility index (Phi) is 4.76. The van der Waals surface area contributed by atoms with Crippen molar-refractivity contribution in [3.8, 4) is 11.4 Å². The largest absolute Gasteiger partial charge is 0.495 e. The second-order valence-corrected chi connectivity index (χ2v) is 7.21. The molecule has 1 saturated heterocycles. The number of nitrogen functional groups attached to an aromatic ring is 1. The van der Waals surface area contributed by atoms with Crippen LogP contribution in [0.2, 0.25) is 5.02 Å². The molecule has 148 valence electrons. The maximum atomic E-state index is 13.3. The molecule has 7 nitrogen and oxygen atoms in total. The van der Waals surface area contributed by atoms with Gasteiger partial charge in [-0.05, 0) is 37.3 Å². The van der Waals surface area contributed by atoms with Gasteiger partial charge in [0.2, 0.25) is 11.8 Å². The van der Waals surface area contributed by atoms with Gasteiger partial charge in [0, 0.05) is 17.0 Å². The van der Waals surface area contributed by atoms with Crippen LogP contribution in [0.1, 0.15) is 23.6 Å². The first-order valence-corrected chi connectivity index (χ1v) is 9.41. The number of benzene rings is 2. The number of ether oxygens (including phenoxy) is 1. The standard InChI is InChI=1S/C21H19ClN4O3/c1-12-19(20(23)26(24-12)14-6-4-3-5-7-14)15-11-18(27)25(21(15)28)16-10-13(22)8-9-17(16)29-2/h3-10,15H,11,23H2,1-2H3/t15-/m1/s1. The van der Waals surface area contributed by atoms with Gasteiger partial charge in [0.15, 0.2) is 0 Å². The fraction of sp³-hybridized carbons (Fsp3) is 0.190. The zero-order chi connectivity index (χ0) is 20.7. The van der Waals surface area contributed by atoms with E-state index in [1.807, 2.05) is 30.3 Å². The summed E-state index contributed by atoms with van der Waals surface area (Å²) in [6, 6.07) is 14.2. The first-order chi connectivity index (χ1) is 13.9. The number of carbonyl (C=O) groups is 2. The van der Waals surface area contributed by atoms with Gasteiger partial charge in [0.05, 0.1) is 30.1 Å². The number of halogens is 1. The molecular formula is C21H19ClN4O3. The number of methoxy groups -OCH3 is 1. The number of hydrogen-bond donors (Lipinski definition) is 1. The number of nitrogens with two attached hydrogens (primary N) is 1. The summed E-state index contributed by atoms with van der Waals surface area (Å²) in [5.74, 6) is -0.699. The van der Waals surface area contributed by atoms with Crippen molar-refractivity contribution in [2.75, 3.05) is 17.7 Å². The summed E-state index contributed by atoms with van der Waals surface area (Å²) in [6.45, 7) is 1.78. The van der Waals surface area contributed by atoms with Crippen molar-refractivity contribution in [2.24, 2.45) is 0 Å². The third-order valence-corrected chi connectivity index (χ3v) is 5.26. The van der Waals surface area contributed by atoms with Crippen LogP contribution in [0.25, 0.3) is 5.69 Å². The summed E-state index contributed by atoms with van der Waals surface area (Å²) >= 11 is 6.08. The first-order valence-electron chi connectivity index (χ1n) is 9.03. The predicted octanol–water partition coefficient (Wildman–Crippen LogP) is 3.47. The lowest BCUT2D eigenvalue weighted by Gasteiger charge is -2.18. The van der Waals surface area contributed by atoms with Crippen molar-refractivity contribution in [3.63, 3.8) is 0 Å². The molecule has 1 aliphatic heterocycles. The van der Waals surface area contributed by atoms with Gasteiger partial charge in [-0.1, -0.05) is 29.8 Å². The average molecular weight is 411 g/mol. The van der Waals surface area contributed by atoms with Crippen molar-refractivity contribution >= 4 is 34.9 Å². The molecule has 0 radical (unpaired) electrons. The minimum Gasteiger partial charge on any atom is -0.495 e. The van der Waals surface area contributed by atoms with Gasteiger partial charge in [-0.15, -0.1) is 0 Å². The topological polar surface area (TPSA) is 90.4 Å². The van der Waals surface area contributed by atoms with Gasteiger partial charge in [0.25, 0.3) is 0 Å². The summed E-state index contributed by atoms with van der Waals surface area (Å²) < 4.78 is 6.90. The number of amides is 2. The molecule has 0 spiro atoms. The van der Waals surface area contributed by atoms with E-state index < -0.39 is 5.92 Å². The van der Waals surface area contributed by atoms with Crippen LogP contribution < -0.4 is 15.4 Å². The van der Waals surface area contributed by atoms with E-state index in [-0.39, 0.29) is 18.2 Å². The van der Waals surface area contributed by atoms with E-state index in [4.69, 9.17) is 22.1 Å². The average Bonchev–Trinajstić information content (AvgIpc) is 3.16. The van der Waals surface area contributed by atoms with Gasteiger partial charge >= 0.3 is 0 Å². The zero-order valence-corrected chi connectivity index (χ0v) is 16.7. The van der Waals surface area contributed by atoms with Gasteiger partial charge in [-0.2, -0.15) is 5.10 Å². The second kappa shape index (κ2) is 7.25. The zero-order valence-electron chi connectivity index (χ0n) is 15.9. The van der Waals surface area contributed by atoms with Crippen LogP contribution in [0.5, 0.6) is 5.75 Å². The van der Waals surface area contributed by atoms with E-state index in [1.165, 1.54) is 7.11 Å². The number of rotatable bonds is 4. The number of carbonyl (C=O) groups excluding carboxylic acids is 2. The quantitative estimate of drug-likeness (QED) is 0.665. The molecule has 1 aromatic heterocycles. The molecule has 0 unspecified atom stereocenters. The number of aromatic nitrogens is 2. The Morgan fingerprint density at radius 3 is 2.59 bits per heavy atom. The van der Waals surface area contributed by atoms with Crippen molar-refractivity contribution in [3.05, 3.63) is 64.8 Å². The Morgan fingerprint density at radius 2 is 1.90 bits per heavy atom. The van der Waals surface area contributed by atoms with Crippen LogP contribution in [-0.2, 0) is 9.59 Å². The van der Waals surface area contributed by atoms with E-state index in [1.54, 1.807) is 29.8 Å². The van der Waals surface area contributed by atoms with Gasteiger partial charge in [0.1, 0.15) is 11.6 Å². The highest BCUT2D eigenvalue weighted by atomic mass is 35.5. The lowest BCUT2D eigenvalue weighted by molar-refractivity contribution is -0.121. The molecule has 2 aromatic carbocycles. The Labute approximate surface area is 172 Å².